The molecule has 0 aliphatic rings. The fraction of sp³-hybridized carbons (Fsp3) is 0.455. The quantitative estimate of drug-likeness (QED) is 0.461. The molecule has 0 saturated heterocycles. The number of aromatic nitrogens is 1. The van der Waals surface area contributed by atoms with Crippen LogP contribution < -0.4 is 21.3 Å². The van der Waals surface area contributed by atoms with E-state index >= 15 is 0 Å². The summed E-state index contributed by atoms with van der Waals surface area (Å²) < 4.78 is 5.25. The van der Waals surface area contributed by atoms with Crippen LogP contribution >= 0.6 is 11.3 Å². The van der Waals surface area contributed by atoms with Gasteiger partial charge in [0.1, 0.15) is 11.3 Å². The van der Waals surface area contributed by atoms with Crippen LogP contribution in [0.4, 0.5) is 21.0 Å². The summed E-state index contributed by atoms with van der Waals surface area (Å²) in [5.41, 5.74) is 1.26. The Labute approximate surface area is 198 Å². The Morgan fingerprint density at radius 3 is 2.33 bits per heavy atom. The van der Waals surface area contributed by atoms with Crippen molar-refractivity contribution >= 4 is 40.7 Å². The number of hydrogen-bond donors (Lipinski definition) is 4. The highest BCUT2D eigenvalue weighted by atomic mass is 32.1. The third-order valence-corrected chi connectivity index (χ3v) is 5.11. The van der Waals surface area contributed by atoms with E-state index in [1.807, 2.05) is 19.0 Å². The number of anilines is 2. The van der Waals surface area contributed by atoms with Gasteiger partial charge in [0.2, 0.25) is 0 Å². The Bertz CT molecular complexity index is 953. The zero-order valence-electron chi connectivity index (χ0n) is 19.8. The Hall–Kier alpha value is -3.18. The largest absolute Gasteiger partial charge is 0.444 e. The van der Waals surface area contributed by atoms with Gasteiger partial charge in [0, 0.05) is 24.0 Å². The summed E-state index contributed by atoms with van der Waals surface area (Å²) in [6.07, 6.45) is 1.66. The molecule has 0 saturated carbocycles. The van der Waals surface area contributed by atoms with Gasteiger partial charge in [-0.25, -0.2) is 9.59 Å². The van der Waals surface area contributed by atoms with Crippen molar-refractivity contribution in [3.05, 3.63) is 40.3 Å². The number of thiophene rings is 1. The van der Waals surface area contributed by atoms with Gasteiger partial charge in [-0.1, -0.05) is 6.07 Å². The first kappa shape index (κ1) is 26.1. The third-order valence-electron chi connectivity index (χ3n) is 4.36. The number of pyridine rings is 1. The number of amides is 4. The highest BCUT2D eigenvalue weighted by Gasteiger charge is 2.19. The molecule has 2 aromatic heterocycles. The second kappa shape index (κ2) is 11.6. The van der Waals surface area contributed by atoms with E-state index in [9.17, 15) is 14.4 Å². The molecule has 0 spiro atoms. The highest BCUT2D eigenvalue weighted by Crippen LogP contribution is 2.27. The number of hydrogen-bond acceptors (Lipinski definition) is 7. The number of urea groups is 1. The van der Waals surface area contributed by atoms with Gasteiger partial charge >= 0.3 is 12.1 Å². The average molecular weight is 477 g/mol. The van der Waals surface area contributed by atoms with Crippen LogP contribution in [0.3, 0.4) is 0 Å². The van der Waals surface area contributed by atoms with Gasteiger partial charge in [0.15, 0.2) is 0 Å². The first-order chi connectivity index (χ1) is 15.5. The SMILES string of the molecule is CNC(=O)NC(CCN(C)C)c1ccc(C(=O)Nc2cscc2NC(=O)OC(C)(C)C)nc1. The fourth-order valence-corrected chi connectivity index (χ4v) is 3.49. The van der Waals surface area contributed by atoms with Gasteiger partial charge in [0.25, 0.3) is 5.91 Å². The summed E-state index contributed by atoms with van der Waals surface area (Å²) in [5.74, 6) is -0.420. The van der Waals surface area contributed by atoms with Crippen molar-refractivity contribution in [1.29, 1.82) is 0 Å². The molecule has 180 valence electrons. The molecule has 2 rings (SSSR count). The summed E-state index contributed by atoms with van der Waals surface area (Å²) in [4.78, 5) is 42.9. The van der Waals surface area contributed by atoms with E-state index in [2.05, 4.69) is 26.3 Å². The molecule has 4 N–H and O–H groups in total. The number of carbonyl (C=O) groups is 3. The van der Waals surface area contributed by atoms with Gasteiger partial charge in [0.05, 0.1) is 17.4 Å². The van der Waals surface area contributed by atoms with Crippen LogP contribution in [0.2, 0.25) is 0 Å². The molecule has 0 aliphatic heterocycles. The lowest BCUT2D eigenvalue weighted by atomic mass is 10.1. The van der Waals surface area contributed by atoms with Gasteiger partial charge in [-0.15, -0.1) is 11.3 Å². The molecule has 11 heteroatoms. The van der Waals surface area contributed by atoms with Crippen LogP contribution in [-0.2, 0) is 4.74 Å². The van der Waals surface area contributed by atoms with E-state index in [0.717, 1.165) is 12.1 Å². The Morgan fingerprint density at radius 1 is 1.12 bits per heavy atom. The van der Waals surface area contributed by atoms with E-state index in [1.165, 1.54) is 11.3 Å². The molecular formula is C22H32N6O4S. The smallest absolute Gasteiger partial charge is 0.412 e. The lowest BCUT2D eigenvalue weighted by molar-refractivity contribution is 0.0635. The molecule has 2 heterocycles. The van der Waals surface area contributed by atoms with Crippen molar-refractivity contribution in [3.8, 4) is 0 Å². The van der Waals surface area contributed by atoms with Crippen LogP contribution in [0.5, 0.6) is 0 Å². The number of ether oxygens (including phenoxy) is 1. The first-order valence-electron chi connectivity index (χ1n) is 10.4. The predicted molar refractivity (Wildman–Crippen MR) is 130 cm³/mol. The molecule has 2 aromatic rings. The van der Waals surface area contributed by atoms with E-state index in [0.29, 0.717) is 17.8 Å². The molecule has 0 radical (unpaired) electrons. The highest BCUT2D eigenvalue weighted by molar-refractivity contribution is 7.09. The van der Waals surface area contributed by atoms with Crippen molar-refractivity contribution in [2.24, 2.45) is 0 Å². The van der Waals surface area contributed by atoms with E-state index in [1.54, 1.807) is 56.9 Å². The van der Waals surface area contributed by atoms with E-state index in [4.69, 9.17) is 4.74 Å². The van der Waals surface area contributed by atoms with Crippen molar-refractivity contribution in [2.45, 2.75) is 38.8 Å². The third kappa shape index (κ3) is 8.70. The van der Waals surface area contributed by atoms with Crippen LogP contribution in [0.1, 0.15) is 49.3 Å². The summed E-state index contributed by atoms with van der Waals surface area (Å²) in [5, 5.41) is 14.3. The van der Waals surface area contributed by atoms with Crippen molar-refractivity contribution in [3.63, 3.8) is 0 Å². The van der Waals surface area contributed by atoms with Gasteiger partial charge in [-0.3, -0.25) is 15.1 Å². The van der Waals surface area contributed by atoms with Gasteiger partial charge in [-0.05, 0) is 59.5 Å². The lowest BCUT2D eigenvalue weighted by Gasteiger charge is -2.21. The molecular weight excluding hydrogens is 444 g/mol. The zero-order valence-corrected chi connectivity index (χ0v) is 20.6. The van der Waals surface area contributed by atoms with Crippen molar-refractivity contribution < 1.29 is 19.1 Å². The lowest BCUT2D eigenvalue weighted by Crippen LogP contribution is -2.37. The van der Waals surface area contributed by atoms with Crippen LogP contribution in [-0.4, -0.2) is 61.2 Å². The number of rotatable bonds is 8. The van der Waals surface area contributed by atoms with Crippen LogP contribution in [0, 0.1) is 0 Å². The molecule has 0 bridgehead atoms. The predicted octanol–water partition coefficient (Wildman–Crippen LogP) is 3.66. The maximum Gasteiger partial charge on any atom is 0.412 e. The first-order valence-corrected chi connectivity index (χ1v) is 11.4. The topological polar surface area (TPSA) is 125 Å². The second-order valence-electron chi connectivity index (χ2n) is 8.62. The Balaban J connectivity index is 2.07. The maximum absolute atomic E-state index is 12.7. The summed E-state index contributed by atoms with van der Waals surface area (Å²) in [6, 6.07) is 2.83. The van der Waals surface area contributed by atoms with Crippen molar-refractivity contribution in [2.75, 3.05) is 38.3 Å². The Kier molecular flexibility index (Phi) is 9.18. The molecule has 10 nitrogen and oxygen atoms in total. The minimum Gasteiger partial charge on any atom is -0.444 e. The monoisotopic (exact) mass is 476 g/mol. The van der Waals surface area contributed by atoms with E-state index < -0.39 is 17.6 Å². The molecule has 33 heavy (non-hydrogen) atoms. The average Bonchev–Trinajstić information content (AvgIpc) is 3.15. The molecule has 1 unspecified atom stereocenters. The van der Waals surface area contributed by atoms with Crippen LogP contribution in [0.25, 0.3) is 0 Å². The molecule has 0 aliphatic carbocycles. The number of nitrogens with one attached hydrogen (secondary N) is 4. The minimum atomic E-state index is -0.633. The maximum atomic E-state index is 12.7. The van der Waals surface area contributed by atoms with Gasteiger partial charge < -0.3 is 25.6 Å². The summed E-state index contributed by atoms with van der Waals surface area (Å²) in [7, 11) is 5.47. The molecule has 0 aromatic carbocycles. The molecule has 1 atom stereocenters. The number of carbonyl (C=O) groups excluding carboxylic acids is 3. The van der Waals surface area contributed by atoms with E-state index in [-0.39, 0.29) is 17.8 Å². The van der Waals surface area contributed by atoms with Crippen molar-refractivity contribution in [1.82, 2.24) is 20.5 Å². The number of nitrogens with zero attached hydrogens (tertiary/aromatic N) is 2. The Morgan fingerprint density at radius 2 is 1.79 bits per heavy atom. The zero-order chi connectivity index (χ0) is 24.6. The van der Waals surface area contributed by atoms with Gasteiger partial charge in [-0.2, -0.15) is 0 Å². The normalized spacial score (nSPS) is 12.1. The molecule has 4 amide bonds. The fourth-order valence-electron chi connectivity index (χ4n) is 2.78. The van der Waals surface area contributed by atoms with Crippen LogP contribution in [0.15, 0.2) is 29.1 Å². The second-order valence-corrected chi connectivity index (χ2v) is 9.37. The molecule has 0 fully saturated rings. The minimum absolute atomic E-state index is 0.208. The summed E-state index contributed by atoms with van der Waals surface area (Å²) >= 11 is 1.33. The summed E-state index contributed by atoms with van der Waals surface area (Å²) in [6.45, 7) is 6.08. The standard InChI is InChI=1S/C22H32N6O4S/c1-22(2,3)32-21(31)27-18-13-33-12-17(18)25-19(29)16-8-7-14(11-24-16)15(9-10-28(5)6)26-20(30)23-4/h7-8,11-13,15H,9-10H2,1-6H3,(H,25,29)(H,27,31)(H2,23,26,30).